The standard InChI is InChI=1S/C20H25NO5S/c1-5-15(2)21(20(22)18-11-6-7-12-19(18)25-3)14-16-9-8-10-17(13-16)26-27(4,23)24/h6-13,15H,5,14H2,1-4H3. The first kappa shape index (κ1) is 20.8. The Morgan fingerprint density at radius 1 is 1.15 bits per heavy atom. The lowest BCUT2D eigenvalue weighted by Gasteiger charge is -2.29. The molecule has 0 saturated heterocycles. The molecule has 2 aromatic rings. The lowest BCUT2D eigenvalue weighted by atomic mass is 10.1. The number of ether oxygens (including phenoxy) is 1. The summed E-state index contributed by atoms with van der Waals surface area (Å²) in [5.41, 5.74) is 1.27. The molecule has 0 bridgehead atoms. The molecule has 0 aliphatic carbocycles. The van der Waals surface area contributed by atoms with Crippen LogP contribution in [0.1, 0.15) is 36.2 Å². The van der Waals surface area contributed by atoms with Gasteiger partial charge < -0.3 is 13.8 Å². The summed E-state index contributed by atoms with van der Waals surface area (Å²) in [4.78, 5) is 14.9. The maximum atomic E-state index is 13.2. The number of amides is 1. The highest BCUT2D eigenvalue weighted by Crippen LogP contribution is 2.24. The molecule has 0 N–H and O–H groups in total. The Labute approximate surface area is 160 Å². The second kappa shape index (κ2) is 8.90. The first-order chi connectivity index (χ1) is 12.7. The van der Waals surface area contributed by atoms with E-state index < -0.39 is 10.1 Å². The minimum atomic E-state index is -3.61. The van der Waals surface area contributed by atoms with Crippen molar-refractivity contribution in [3.05, 3.63) is 59.7 Å². The summed E-state index contributed by atoms with van der Waals surface area (Å²) < 4.78 is 33.0. The number of para-hydroxylation sites is 1. The van der Waals surface area contributed by atoms with Crippen LogP contribution in [0.2, 0.25) is 0 Å². The Morgan fingerprint density at radius 2 is 1.85 bits per heavy atom. The summed E-state index contributed by atoms with van der Waals surface area (Å²) in [6.07, 6.45) is 1.77. The van der Waals surface area contributed by atoms with Gasteiger partial charge in [-0.2, -0.15) is 8.42 Å². The van der Waals surface area contributed by atoms with Gasteiger partial charge in [-0.25, -0.2) is 0 Å². The molecule has 0 fully saturated rings. The van der Waals surface area contributed by atoms with Crippen molar-refractivity contribution in [3.63, 3.8) is 0 Å². The molecule has 0 aromatic heterocycles. The molecule has 0 spiro atoms. The van der Waals surface area contributed by atoms with Crippen LogP contribution in [0.3, 0.4) is 0 Å². The predicted octanol–water partition coefficient (Wildman–Crippen LogP) is 3.47. The van der Waals surface area contributed by atoms with Gasteiger partial charge in [-0.3, -0.25) is 4.79 Å². The van der Waals surface area contributed by atoms with E-state index in [1.807, 2.05) is 26.0 Å². The maximum Gasteiger partial charge on any atom is 0.306 e. The lowest BCUT2D eigenvalue weighted by Crippen LogP contribution is -2.38. The zero-order valence-electron chi connectivity index (χ0n) is 16.0. The lowest BCUT2D eigenvalue weighted by molar-refractivity contribution is 0.0668. The van der Waals surface area contributed by atoms with Crippen LogP contribution >= 0.6 is 0 Å². The van der Waals surface area contributed by atoms with E-state index in [1.54, 1.807) is 41.3 Å². The van der Waals surface area contributed by atoms with E-state index in [0.29, 0.717) is 17.9 Å². The van der Waals surface area contributed by atoms with E-state index in [1.165, 1.54) is 7.11 Å². The van der Waals surface area contributed by atoms with Crippen molar-refractivity contribution in [2.75, 3.05) is 13.4 Å². The van der Waals surface area contributed by atoms with Gasteiger partial charge in [-0.15, -0.1) is 0 Å². The highest BCUT2D eigenvalue weighted by molar-refractivity contribution is 7.86. The van der Waals surface area contributed by atoms with Crippen molar-refractivity contribution in [1.29, 1.82) is 0 Å². The fourth-order valence-corrected chi connectivity index (χ4v) is 3.14. The molecule has 6 nitrogen and oxygen atoms in total. The fraction of sp³-hybridized carbons (Fsp3) is 0.350. The normalized spacial score (nSPS) is 12.3. The van der Waals surface area contributed by atoms with Crippen LogP contribution in [-0.4, -0.2) is 38.6 Å². The summed E-state index contributed by atoms with van der Waals surface area (Å²) in [7, 11) is -2.08. The average Bonchev–Trinajstić information content (AvgIpc) is 2.63. The molecule has 2 rings (SSSR count). The molecule has 1 unspecified atom stereocenters. The van der Waals surface area contributed by atoms with Crippen molar-refractivity contribution in [2.45, 2.75) is 32.9 Å². The quantitative estimate of drug-likeness (QED) is 0.644. The van der Waals surface area contributed by atoms with E-state index in [2.05, 4.69) is 0 Å². The van der Waals surface area contributed by atoms with Crippen LogP contribution in [0.5, 0.6) is 11.5 Å². The molecular weight excluding hydrogens is 366 g/mol. The Kier molecular flexibility index (Phi) is 6.85. The van der Waals surface area contributed by atoms with Crippen molar-refractivity contribution < 1.29 is 22.1 Å². The van der Waals surface area contributed by atoms with Crippen LogP contribution < -0.4 is 8.92 Å². The van der Waals surface area contributed by atoms with Gasteiger partial charge in [0.25, 0.3) is 5.91 Å². The average molecular weight is 391 g/mol. The van der Waals surface area contributed by atoms with E-state index in [0.717, 1.165) is 18.2 Å². The highest BCUT2D eigenvalue weighted by atomic mass is 32.2. The molecule has 2 aromatic carbocycles. The number of hydrogen-bond donors (Lipinski definition) is 0. The molecule has 0 aliphatic heterocycles. The van der Waals surface area contributed by atoms with Crippen LogP contribution in [0.15, 0.2) is 48.5 Å². The zero-order chi connectivity index (χ0) is 20.0. The Hall–Kier alpha value is -2.54. The molecule has 27 heavy (non-hydrogen) atoms. The molecule has 0 aliphatic rings. The molecule has 0 saturated carbocycles. The number of rotatable bonds is 8. The third-order valence-corrected chi connectivity index (χ3v) is 4.72. The Bertz CT molecular complexity index is 895. The van der Waals surface area contributed by atoms with Crippen LogP contribution in [0.4, 0.5) is 0 Å². The van der Waals surface area contributed by atoms with Gasteiger partial charge in [0.05, 0.1) is 18.9 Å². The van der Waals surface area contributed by atoms with E-state index in [9.17, 15) is 13.2 Å². The largest absolute Gasteiger partial charge is 0.496 e. The first-order valence-electron chi connectivity index (χ1n) is 8.67. The minimum Gasteiger partial charge on any atom is -0.496 e. The van der Waals surface area contributed by atoms with Gasteiger partial charge in [0, 0.05) is 12.6 Å². The molecule has 0 heterocycles. The topological polar surface area (TPSA) is 72.9 Å². The number of carbonyl (C=O) groups is 1. The van der Waals surface area contributed by atoms with Crippen molar-refractivity contribution >= 4 is 16.0 Å². The van der Waals surface area contributed by atoms with E-state index >= 15 is 0 Å². The second-order valence-electron chi connectivity index (χ2n) is 6.33. The molecule has 146 valence electrons. The second-order valence-corrected chi connectivity index (χ2v) is 7.90. The van der Waals surface area contributed by atoms with Gasteiger partial charge >= 0.3 is 10.1 Å². The van der Waals surface area contributed by atoms with Crippen molar-refractivity contribution in [1.82, 2.24) is 4.90 Å². The molecular formula is C20H25NO5S. The zero-order valence-corrected chi connectivity index (χ0v) is 16.8. The van der Waals surface area contributed by atoms with Crippen molar-refractivity contribution in [2.24, 2.45) is 0 Å². The third kappa shape index (κ3) is 5.72. The summed E-state index contributed by atoms with van der Waals surface area (Å²) >= 11 is 0. The molecule has 1 amide bonds. The Balaban J connectivity index is 2.33. The number of methoxy groups -OCH3 is 1. The van der Waals surface area contributed by atoms with Gasteiger partial charge in [0.2, 0.25) is 0 Å². The van der Waals surface area contributed by atoms with Gasteiger partial charge in [-0.05, 0) is 43.2 Å². The van der Waals surface area contributed by atoms with E-state index in [4.69, 9.17) is 8.92 Å². The Morgan fingerprint density at radius 3 is 2.48 bits per heavy atom. The predicted molar refractivity (Wildman–Crippen MR) is 105 cm³/mol. The van der Waals surface area contributed by atoms with Crippen LogP contribution in [0, 0.1) is 0 Å². The van der Waals surface area contributed by atoms with Crippen LogP contribution in [-0.2, 0) is 16.7 Å². The maximum absolute atomic E-state index is 13.2. The van der Waals surface area contributed by atoms with E-state index in [-0.39, 0.29) is 17.7 Å². The molecule has 7 heteroatoms. The fourth-order valence-electron chi connectivity index (χ4n) is 2.69. The molecule has 0 radical (unpaired) electrons. The third-order valence-electron chi connectivity index (χ3n) is 4.22. The minimum absolute atomic E-state index is 0.0121. The monoisotopic (exact) mass is 391 g/mol. The number of nitrogens with zero attached hydrogens (tertiary/aromatic N) is 1. The smallest absolute Gasteiger partial charge is 0.306 e. The van der Waals surface area contributed by atoms with Gasteiger partial charge in [0.15, 0.2) is 0 Å². The summed E-state index contributed by atoms with van der Waals surface area (Å²) in [6.45, 7) is 4.31. The number of benzene rings is 2. The number of carbonyl (C=O) groups excluding carboxylic acids is 1. The first-order valence-corrected chi connectivity index (χ1v) is 10.5. The summed E-state index contributed by atoms with van der Waals surface area (Å²) in [5.74, 6) is 0.602. The van der Waals surface area contributed by atoms with Gasteiger partial charge in [-0.1, -0.05) is 31.2 Å². The SMILES string of the molecule is CCC(C)N(Cc1cccc(OS(C)(=O)=O)c1)C(=O)c1ccccc1OC. The summed E-state index contributed by atoms with van der Waals surface area (Å²) in [6, 6.07) is 13.8. The van der Waals surface area contributed by atoms with Crippen LogP contribution in [0.25, 0.3) is 0 Å². The molecule has 1 atom stereocenters. The van der Waals surface area contributed by atoms with Crippen molar-refractivity contribution in [3.8, 4) is 11.5 Å². The highest BCUT2D eigenvalue weighted by Gasteiger charge is 2.23. The number of hydrogen-bond acceptors (Lipinski definition) is 5. The van der Waals surface area contributed by atoms with Gasteiger partial charge in [0.1, 0.15) is 11.5 Å². The summed E-state index contributed by atoms with van der Waals surface area (Å²) in [5, 5.41) is 0.